The van der Waals surface area contributed by atoms with Crippen LogP contribution in [0.3, 0.4) is 0 Å². The number of carbonyl (C=O) groups is 1. The Morgan fingerprint density at radius 2 is 1.81 bits per heavy atom. The summed E-state index contributed by atoms with van der Waals surface area (Å²) in [6.07, 6.45) is 1.25. The number of hydrogen-bond acceptors (Lipinski definition) is 7. The number of anilines is 1. The smallest absolute Gasteiger partial charge is 0.337 e. The molecule has 1 heterocycles. The van der Waals surface area contributed by atoms with E-state index >= 15 is 0 Å². The molecule has 1 aromatic heterocycles. The van der Waals surface area contributed by atoms with Crippen LogP contribution >= 0.6 is 0 Å². The maximum absolute atomic E-state index is 10.9. The zero-order chi connectivity index (χ0) is 18.9. The summed E-state index contributed by atoms with van der Waals surface area (Å²) in [6, 6.07) is 12.4. The van der Waals surface area contributed by atoms with E-state index in [1.165, 1.54) is 18.3 Å². The summed E-state index contributed by atoms with van der Waals surface area (Å²) >= 11 is 4.95. The van der Waals surface area contributed by atoms with E-state index in [9.17, 15) is 4.79 Å². The molecule has 0 atom stereocenters. The number of nitrogens with zero attached hydrogens (tertiary/aromatic N) is 4. The van der Waals surface area contributed by atoms with E-state index in [2.05, 4.69) is 31.0 Å². The summed E-state index contributed by atoms with van der Waals surface area (Å²) in [4.78, 5) is 14.9. The summed E-state index contributed by atoms with van der Waals surface area (Å²) in [6.45, 7) is 1.76. The van der Waals surface area contributed by atoms with Crippen LogP contribution in [-0.4, -0.2) is 39.7 Å². The maximum Gasteiger partial charge on any atom is 0.337 e. The van der Waals surface area contributed by atoms with Crippen LogP contribution in [0.4, 0.5) is 5.82 Å². The van der Waals surface area contributed by atoms with Gasteiger partial charge in [-0.25, -0.2) is 9.78 Å². The van der Waals surface area contributed by atoms with E-state index in [1.807, 2.05) is 30.3 Å². The zero-order valence-electron chi connectivity index (χ0n) is 14.9. The van der Waals surface area contributed by atoms with Crippen molar-refractivity contribution in [2.45, 2.75) is 6.92 Å². The average molecular weight is 435 g/mol. The van der Waals surface area contributed by atoms with Crippen molar-refractivity contribution >= 4 is 41.0 Å². The quantitative estimate of drug-likeness (QED) is 0.211. The number of benzene rings is 1. The molecule has 0 aliphatic heterocycles. The van der Waals surface area contributed by atoms with Crippen molar-refractivity contribution < 1.29 is 29.4 Å². The van der Waals surface area contributed by atoms with E-state index < -0.39 is 5.97 Å². The molecule has 0 aliphatic rings. The Labute approximate surface area is 175 Å². The second-order valence-electron chi connectivity index (χ2n) is 5.02. The van der Waals surface area contributed by atoms with E-state index in [4.69, 9.17) is 17.7 Å². The molecule has 3 N–H and O–H groups in total. The second-order valence-corrected chi connectivity index (χ2v) is 5.40. The van der Waals surface area contributed by atoms with Gasteiger partial charge in [0.15, 0.2) is 0 Å². The first-order valence-corrected chi connectivity index (χ1v) is 7.98. The van der Waals surface area contributed by atoms with Crippen molar-refractivity contribution in [3.05, 3.63) is 59.8 Å². The van der Waals surface area contributed by atoms with E-state index in [-0.39, 0.29) is 30.2 Å². The van der Waals surface area contributed by atoms with Crippen LogP contribution in [0.15, 0.2) is 64.0 Å². The summed E-state index contributed by atoms with van der Waals surface area (Å²) in [5.74, 6) is -0.637. The third-order valence-corrected chi connectivity index (χ3v) is 3.47. The average Bonchev–Trinajstić information content (AvgIpc) is 2.67. The molecule has 0 bridgehead atoms. The molecule has 8 nitrogen and oxygen atoms in total. The summed E-state index contributed by atoms with van der Waals surface area (Å²) in [5.41, 5.74) is 4.83. The SMILES string of the molecule is CNC([S-])=NN=C(C)C(=NNc1ccc(C(=O)O)cn1)c1ccccc1.[Zn]. The molecule has 1 aromatic carbocycles. The normalized spacial score (nSPS) is 12.1. The molecule has 0 fully saturated rings. The molecular weight excluding hydrogens is 418 g/mol. The number of hydrazone groups is 1. The van der Waals surface area contributed by atoms with Gasteiger partial charge in [-0.15, -0.1) is 0 Å². The molecule has 10 heteroatoms. The number of amidine groups is 1. The summed E-state index contributed by atoms with van der Waals surface area (Å²) < 4.78 is 0. The number of aromatic nitrogens is 1. The fourth-order valence-electron chi connectivity index (χ4n) is 1.87. The van der Waals surface area contributed by atoms with E-state index in [0.29, 0.717) is 17.2 Å². The van der Waals surface area contributed by atoms with Gasteiger partial charge in [0.25, 0.3) is 0 Å². The Kier molecular flexibility index (Phi) is 9.18. The minimum Gasteiger partial charge on any atom is -0.741 e. The number of nitrogens with one attached hydrogen (secondary N) is 2. The van der Waals surface area contributed by atoms with Crippen LogP contribution in [0.5, 0.6) is 0 Å². The number of pyridine rings is 1. The first-order valence-electron chi connectivity index (χ1n) is 7.57. The number of carboxylic acids is 1. The third-order valence-electron chi connectivity index (χ3n) is 3.19. The van der Waals surface area contributed by atoms with E-state index in [0.717, 1.165) is 5.56 Å². The van der Waals surface area contributed by atoms with E-state index in [1.54, 1.807) is 14.0 Å². The fourth-order valence-corrected chi connectivity index (χ4v) is 1.91. The molecular formula is C17H17N6O2SZn-. The Morgan fingerprint density at radius 1 is 1.11 bits per heavy atom. The van der Waals surface area contributed by atoms with Gasteiger partial charge in [0.2, 0.25) is 0 Å². The van der Waals surface area contributed by atoms with Gasteiger partial charge >= 0.3 is 5.97 Å². The first kappa shape index (κ1) is 22.3. The number of aromatic carboxylic acids is 1. The molecule has 2 aromatic rings. The van der Waals surface area contributed by atoms with Crippen molar-refractivity contribution in [3.8, 4) is 0 Å². The van der Waals surface area contributed by atoms with Gasteiger partial charge < -0.3 is 23.1 Å². The van der Waals surface area contributed by atoms with Gasteiger partial charge in [-0.05, 0) is 24.2 Å². The van der Waals surface area contributed by atoms with Gasteiger partial charge in [0.1, 0.15) is 11.5 Å². The predicted octanol–water partition coefficient (Wildman–Crippen LogP) is 2.09. The Balaban J connectivity index is 0.00000364. The van der Waals surface area contributed by atoms with Crippen LogP contribution in [0.2, 0.25) is 0 Å². The molecule has 0 radical (unpaired) electrons. The third kappa shape index (κ3) is 6.84. The van der Waals surface area contributed by atoms with Crippen LogP contribution < -0.4 is 10.7 Å². The molecule has 2 rings (SSSR count). The molecule has 136 valence electrons. The number of carboxylic acid groups (broad SMARTS) is 1. The first-order chi connectivity index (χ1) is 12.5. The van der Waals surface area contributed by atoms with Crippen LogP contribution in [0.25, 0.3) is 0 Å². The Morgan fingerprint density at radius 3 is 2.37 bits per heavy atom. The molecule has 27 heavy (non-hydrogen) atoms. The predicted molar refractivity (Wildman–Crippen MR) is 105 cm³/mol. The standard InChI is InChI=1S/C17H18N6O2S.Zn/c1-11(20-23-17(26)18-2)15(12-6-4-3-5-7-12)22-21-14-9-8-13(10-19-14)16(24)25;/h3-10H,1-2H3,(H,19,21)(H,24,25)(H2,18,23,26);/p-1. The summed E-state index contributed by atoms with van der Waals surface area (Å²) in [7, 11) is 1.66. The van der Waals surface area contributed by atoms with Crippen molar-refractivity contribution in [2.24, 2.45) is 15.3 Å². The molecule has 0 aliphatic carbocycles. The largest absolute Gasteiger partial charge is 0.741 e. The molecule has 0 unspecified atom stereocenters. The van der Waals surface area contributed by atoms with Crippen LogP contribution in [0.1, 0.15) is 22.8 Å². The van der Waals surface area contributed by atoms with Crippen molar-refractivity contribution in [1.82, 2.24) is 10.3 Å². The van der Waals surface area contributed by atoms with Gasteiger partial charge in [-0.3, -0.25) is 5.43 Å². The van der Waals surface area contributed by atoms with Crippen molar-refractivity contribution in [1.29, 1.82) is 0 Å². The summed E-state index contributed by atoms with van der Waals surface area (Å²) in [5, 5.41) is 24.2. The van der Waals surface area contributed by atoms with Crippen LogP contribution in [0, 0.1) is 0 Å². The fraction of sp³-hybridized carbons (Fsp3) is 0.118. The number of rotatable bonds is 6. The molecule has 0 spiro atoms. The number of hydrogen-bond donors (Lipinski definition) is 3. The topological polar surface area (TPSA) is 111 Å². The monoisotopic (exact) mass is 433 g/mol. The van der Waals surface area contributed by atoms with Crippen LogP contribution in [-0.2, 0) is 32.1 Å². The van der Waals surface area contributed by atoms with Crippen molar-refractivity contribution in [2.75, 3.05) is 12.5 Å². The van der Waals surface area contributed by atoms with Crippen molar-refractivity contribution in [3.63, 3.8) is 0 Å². The molecule has 0 saturated heterocycles. The Hall–Kier alpha value is -2.71. The molecule has 0 amide bonds. The Bertz CT molecular complexity index is 853. The van der Waals surface area contributed by atoms with Gasteiger partial charge in [0, 0.05) is 38.3 Å². The molecule has 0 saturated carbocycles. The minimum atomic E-state index is -1.04. The van der Waals surface area contributed by atoms with Gasteiger partial charge in [-0.1, -0.05) is 30.3 Å². The maximum atomic E-state index is 10.9. The minimum absolute atomic E-state index is 0. The van der Waals surface area contributed by atoms with Gasteiger partial charge in [0.05, 0.1) is 11.3 Å². The van der Waals surface area contributed by atoms with Gasteiger partial charge in [-0.2, -0.15) is 15.3 Å². The second kappa shape index (κ2) is 11.1. The zero-order valence-corrected chi connectivity index (χ0v) is 18.7.